The second-order valence-corrected chi connectivity index (χ2v) is 8.21. The number of allylic oxidation sites excluding steroid dienone is 1. The van der Waals surface area contributed by atoms with Crippen LogP contribution in [0.5, 0.6) is 0 Å². The number of likely N-dealkylation sites (tertiary alicyclic amines) is 1. The molecule has 0 bridgehead atoms. The summed E-state index contributed by atoms with van der Waals surface area (Å²) in [4.78, 5) is 30.9. The summed E-state index contributed by atoms with van der Waals surface area (Å²) in [6, 6.07) is 2.04. The molecule has 1 saturated heterocycles. The van der Waals surface area contributed by atoms with E-state index in [4.69, 9.17) is 0 Å². The van der Waals surface area contributed by atoms with E-state index in [-0.39, 0.29) is 22.7 Å². The van der Waals surface area contributed by atoms with Crippen LogP contribution in [0.25, 0.3) is 0 Å². The standard InChI is InChI=1S/C17H19N3O2S/c1-11-19-13(8-23-11)15(22)20-5-4-17(10-20)6-12(7-18)14(21)16(2,3)9-17/h6,8H,4-5,9-10H2,1-3H3/t17-/m1/s1. The van der Waals surface area contributed by atoms with Crippen LogP contribution in [-0.2, 0) is 4.79 Å². The van der Waals surface area contributed by atoms with Crippen molar-refractivity contribution in [2.45, 2.75) is 33.6 Å². The van der Waals surface area contributed by atoms with Crippen LogP contribution in [0.2, 0.25) is 0 Å². The van der Waals surface area contributed by atoms with Gasteiger partial charge >= 0.3 is 0 Å². The number of carbonyl (C=O) groups excluding carboxylic acids is 2. The molecule has 0 N–H and O–H groups in total. The van der Waals surface area contributed by atoms with Crippen molar-refractivity contribution >= 4 is 23.0 Å². The number of nitrogens with zero attached hydrogens (tertiary/aromatic N) is 3. The Morgan fingerprint density at radius 2 is 2.22 bits per heavy atom. The maximum absolute atomic E-state index is 12.6. The quantitative estimate of drug-likeness (QED) is 0.794. The zero-order valence-corrected chi connectivity index (χ0v) is 14.4. The van der Waals surface area contributed by atoms with Crippen molar-refractivity contribution in [2.75, 3.05) is 13.1 Å². The van der Waals surface area contributed by atoms with Gasteiger partial charge in [0, 0.05) is 29.3 Å². The molecule has 5 nitrogen and oxygen atoms in total. The van der Waals surface area contributed by atoms with Crippen LogP contribution in [0, 0.1) is 29.1 Å². The molecule has 0 unspecified atom stereocenters. The van der Waals surface area contributed by atoms with Crippen LogP contribution in [0.15, 0.2) is 17.0 Å². The molecule has 120 valence electrons. The average molecular weight is 329 g/mol. The van der Waals surface area contributed by atoms with Gasteiger partial charge in [0.05, 0.1) is 10.6 Å². The van der Waals surface area contributed by atoms with E-state index in [0.717, 1.165) is 11.4 Å². The first-order chi connectivity index (χ1) is 10.8. The van der Waals surface area contributed by atoms with Crippen molar-refractivity contribution in [1.29, 1.82) is 5.26 Å². The minimum atomic E-state index is -0.559. The molecule has 1 aliphatic carbocycles. The molecule has 1 aromatic heterocycles. The van der Waals surface area contributed by atoms with Gasteiger partial charge in [0.2, 0.25) is 0 Å². The van der Waals surface area contributed by atoms with Crippen molar-refractivity contribution in [3.8, 4) is 6.07 Å². The summed E-state index contributed by atoms with van der Waals surface area (Å²) in [5, 5.41) is 11.9. The highest BCUT2D eigenvalue weighted by Gasteiger charge is 2.49. The summed E-state index contributed by atoms with van der Waals surface area (Å²) in [7, 11) is 0. The van der Waals surface area contributed by atoms with Gasteiger partial charge < -0.3 is 4.90 Å². The van der Waals surface area contributed by atoms with Gasteiger partial charge in [-0.2, -0.15) is 5.26 Å². The molecule has 2 aliphatic rings. The third-order valence-electron chi connectivity index (χ3n) is 4.73. The van der Waals surface area contributed by atoms with E-state index < -0.39 is 5.41 Å². The smallest absolute Gasteiger partial charge is 0.273 e. The van der Waals surface area contributed by atoms with Crippen LogP contribution < -0.4 is 0 Å². The lowest BCUT2D eigenvalue weighted by molar-refractivity contribution is -0.125. The molecule has 1 amide bonds. The molecule has 0 saturated carbocycles. The third kappa shape index (κ3) is 2.70. The topological polar surface area (TPSA) is 74.1 Å². The molecule has 23 heavy (non-hydrogen) atoms. The van der Waals surface area contributed by atoms with Gasteiger partial charge in [0.1, 0.15) is 11.8 Å². The monoisotopic (exact) mass is 329 g/mol. The van der Waals surface area contributed by atoms with E-state index in [1.807, 2.05) is 26.8 Å². The Kier molecular flexibility index (Phi) is 3.64. The number of carbonyl (C=O) groups is 2. The fourth-order valence-electron chi connectivity index (χ4n) is 3.79. The fraction of sp³-hybridized carbons (Fsp3) is 0.529. The van der Waals surface area contributed by atoms with Crippen molar-refractivity contribution in [3.63, 3.8) is 0 Å². The van der Waals surface area contributed by atoms with Gasteiger partial charge in [-0.05, 0) is 19.8 Å². The highest BCUT2D eigenvalue weighted by atomic mass is 32.1. The number of hydrogen-bond donors (Lipinski definition) is 0. The van der Waals surface area contributed by atoms with E-state index in [1.165, 1.54) is 11.3 Å². The van der Waals surface area contributed by atoms with Gasteiger partial charge in [-0.15, -0.1) is 11.3 Å². The Balaban J connectivity index is 1.86. The zero-order valence-electron chi connectivity index (χ0n) is 13.5. The van der Waals surface area contributed by atoms with Gasteiger partial charge in [-0.25, -0.2) is 4.98 Å². The lowest BCUT2D eigenvalue weighted by Gasteiger charge is -2.38. The van der Waals surface area contributed by atoms with E-state index in [2.05, 4.69) is 4.98 Å². The van der Waals surface area contributed by atoms with Crippen molar-refractivity contribution in [3.05, 3.63) is 27.7 Å². The number of thiazole rings is 1. The lowest BCUT2D eigenvalue weighted by atomic mass is 9.64. The molecule has 3 rings (SSSR count). The summed E-state index contributed by atoms with van der Waals surface area (Å²) in [6.45, 7) is 6.83. The summed E-state index contributed by atoms with van der Waals surface area (Å²) in [5.74, 6) is -0.154. The van der Waals surface area contributed by atoms with E-state index in [0.29, 0.717) is 25.2 Å². The van der Waals surface area contributed by atoms with Crippen LogP contribution >= 0.6 is 11.3 Å². The van der Waals surface area contributed by atoms with Crippen LogP contribution in [-0.4, -0.2) is 34.7 Å². The van der Waals surface area contributed by atoms with E-state index >= 15 is 0 Å². The minimum absolute atomic E-state index is 0.0622. The van der Waals surface area contributed by atoms with Crippen molar-refractivity contribution in [2.24, 2.45) is 10.8 Å². The Labute approximate surface area is 139 Å². The van der Waals surface area contributed by atoms with Crippen LogP contribution in [0.4, 0.5) is 0 Å². The molecule has 2 heterocycles. The molecular formula is C17H19N3O2S. The van der Waals surface area contributed by atoms with E-state index in [1.54, 1.807) is 16.4 Å². The zero-order chi connectivity index (χ0) is 16.8. The Hall–Kier alpha value is -2.00. The average Bonchev–Trinajstić information content (AvgIpc) is 3.09. The first-order valence-corrected chi connectivity index (χ1v) is 8.53. The molecule has 1 aliphatic heterocycles. The number of aromatic nitrogens is 1. The molecule has 1 atom stereocenters. The normalized spacial score (nSPS) is 26.3. The molecule has 0 aromatic carbocycles. The third-order valence-corrected chi connectivity index (χ3v) is 5.51. The minimum Gasteiger partial charge on any atom is -0.336 e. The van der Waals surface area contributed by atoms with Gasteiger partial charge in [0.15, 0.2) is 5.78 Å². The predicted octanol–water partition coefficient (Wildman–Crippen LogP) is 2.73. The highest BCUT2D eigenvalue weighted by Crippen LogP contribution is 2.48. The van der Waals surface area contributed by atoms with Crippen LogP contribution in [0.1, 0.15) is 42.2 Å². The van der Waals surface area contributed by atoms with Crippen molar-refractivity contribution in [1.82, 2.24) is 9.88 Å². The molecular weight excluding hydrogens is 310 g/mol. The maximum atomic E-state index is 12.6. The summed E-state index contributed by atoms with van der Waals surface area (Å²) in [6.07, 6.45) is 3.26. The molecule has 1 spiro atoms. The van der Waals surface area contributed by atoms with Gasteiger partial charge in [0.25, 0.3) is 5.91 Å². The number of hydrogen-bond acceptors (Lipinski definition) is 5. The summed E-state index contributed by atoms with van der Waals surface area (Å²) >= 11 is 1.46. The molecule has 1 fully saturated rings. The number of ketones is 1. The summed E-state index contributed by atoms with van der Waals surface area (Å²) in [5.41, 5.74) is -0.112. The number of amides is 1. The molecule has 1 aromatic rings. The number of rotatable bonds is 1. The van der Waals surface area contributed by atoms with Crippen molar-refractivity contribution < 1.29 is 9.59 Å². The number of nitriles is 1. The Morgan fingerprint density at radius 1 is 1.48 bits per heavy atom. The Bertz CT molecular complexity index is 756. The van der Waals surface area contributed by atoms with Crippen LogP contribution in [0.3, 0.4) is 0 Å². The SMILES string of the molecule is Cc1nc(C(=O)N2CC[C@]3(C=C(C#N)C(=O)C(C)(C)C3)C2)cs1. The van der Waals surface area contributed by atoms with Gasteiger partial charge in [-0.1, -0.05) is 19.9 Å². The number of Topliss-reactive ketones (excluding diaryl/α,β-unsaturated/α-hetero) is 1. The number of aryl methyl sites for hydroxylation is 1. The lowest BCUT2D eigenvalue weighted by Crippen LogP contribution is -2.40. The largest absolute Gasteiger partial charge is 0.336 e. The molecule has 6 heteroatoms. The second-order valence-electron chi connectivity index (χ2n) is 7.15. The fourth-order valence-corrected chi connectivity index (χ4v) is 4.37. The maximum Gasteiger partial charge on any atom is 0.273 e. The highest BCUT2D eigenvalue weighted by molar-refractivity contribution is 7.09. The predicted molar refractivity (Wildman–Crippen MR) is 86.9 cm³/mol. The second kappa shape index (κ2) is 5.27. The summed E-state index contributed by atoms with van der Waals surface area (Å²) < 4.78 is 0. The first kappa shape index (κ1) is 15.9. The molecule has 0 radical (unpaired) electrons. The Morgan fingerprint density at radius 3 is 2.83 bits per heavy atom. The van der Waals surface area contributed by atoms with E-state index in [9.17, 15) is 14.9 Å². The van der Waals surface area contributed by atoms with Gasteiger partial charge in [-0.3, -0.25) is 9.59 Å². The first-order valence-electron chi connectivity index (χ1n) is 7.66.